The van der Waals surface area contributed by atoms with E-state index >= 15 is 0 Å². The molecule has 1 aromatic carbocycles. The molecule has 8 nitrogen and oxygen atoms in total. The zero-order valence-corrected chi connectivity index (χ0v) is 13.3. The molecule has 1 aliphatic rings. The Morgan fingerprint density at radius 2 is 2.04 bits per heavy atom. The Hall–Kier alpha value is -2.74. The van der Waals surface area contributed by atoms with Gasteiger partial charge in [0.2, 0.25) is 0 Å². The Labute approximate surface area is 139 Å². The minimum atomic E-state index is -0.851. The second-order valence-electron chi connectivity index (χ2n) is 5.16. The first kappa shape index (κ1) is 17.6. The molecule has 8 heteroatoms. The minimum absolute atomic E-state index is 0.0291. The fraction of sp³-hybridized carbons (Fsp3) is 0.375. The van der Waals surface area contributed by atoms with Crippen LogP contribution in [0, 0.1) is 0 Å². The lowest BCUT2D eigenvalue weighted by atomic mass is 10.1. The summed E-state index contributed by atoms with van der Waals surface area (Å²) < 4.78 is 9.94. The van der Waals surface area contributed by atoms with E-state index in [1.54, 1.807) is 24.3 Å². The number of nitrogens with zero attached hydrogens (tertiary/aromatic N) is 1. The third-order valence-electron chi connectivity index (χ3n) is 3.43. The fourth-order valence-corrected chi connectivity index (χ4v) is 2.13. The van der Waals surface area contributed by atoms with Gasteiger partial charge in [-0.25, -0.2) is 10.2 Å². The van der Waals surface area contributed by atoms with E-state index in [0.29, 0.717) is 24.3 Å². The number of hydrazone groups is 1. The number of amides is 2. The van der Waals surface area contributed by atoms with Crippen LogP contribution in [0.5, 0.6) is 0 Å². The highest BCUT2D eigenvalue weighted by Gasteiger charge is 2.18. The average Bonchev–Trinajstić information content (AvgIpc) is 3.13. The number of hydrogen-bond acceptors (Lipinski definition) is 6. The van der Waals surface area contributed by atoms with Gasteiger partial charge in [-0.1, -0.05) is 12.1 Å². The number of esters is 1. The predicted molar refractivity (Wildman–Crippen MR) is 85.5 cm³/mol. The van der Waals surface area contributed by atoms with E-state index < -0.39 is 17.8 Å². The summed E-state index contributed by atoms with van der Waals surface area (Å²) in [5.41, 5.74) is 3.21. The number of rotatable bonds is 5. The second-order valence-corrected chi connectivity index (χ2v) is 5.16. The maximum atomic E-state index is 11.6. The van der Waals surface area contributed by atoms with Gasteiger partial charge in [0, 0.05) is 13.2 Å². The Morgan fingerprint density at radius 1 is 1.29 bits per heavy atom. The standard InChI is InChI=1S/C16H19N3O5/c1-23-16(22)12-6-4-11(5-7-12)9-18-19-15(21)14(20)17-10-13-3-2-8-24-13/h4-7,9,13H,2-3,8,10H2,1H3,(H,17,20)(H,19,21)/b18-9-/t13-/m1/s1. The zero-order valence-electron chi connectivity index (χ0n) is 13.3. The van der Waals surface area contributed by atoms with Gasteiger partial charge in [0.1, 0.15) is 0 Å². The first-order valence-corrected chi connectivity index (χ1v) is 7.51. The van der Waals surface area contributed by atoms with Gasteiger partial charge in [-0.15, -0.1) is 0 Å². The van der Waals surface area contributed by atoms with Gasteiger partial charge < -0.3 is 14.8 Å². The van der Waals surface area contributed by atoms with Crippen molar-refractivity contribution >= 4 is 24.0 Å². The number of benzene rings is 1. The van der Waals surface area contributed by atoms with Crippen molar-refractivity contribution in [3.05, 3.63) is 35.4 Å². The van der Waals surface area contributed by atoms with Crippen molar-refractivity contribution in [1.82, 2.24) is 10.7 Å². The maximum Gasteiger partial charge on any atom is 0.337 e. The molecule has 0 spiro atoms. The highest BCUT2D eigenvalue weighted by molar-refractivity contribution is 6.35. The van der Waals surface area contributed by atoms with E-state index in [1.165, 1.54) is 13.3 Å². The highest BCUT2D eigenvalue weighted by atomic mass is 16.5. The van der Waals surface area contributed by atoms with Crippen LogP contribution in [0.2, 0.25) is 0 Å². The molecule has 1 aliphatic heterocycles. The van der Waals surface area contributed by atoms with Crippen molar-refractivity contribution in [2.24, 2.45) is 5.10 Å². The fourth-order valence-electron chi connectivity index (χ4n) is 2.13. The molecular formula is C16H19N3O5. The van der Waals surface area contributed by atoms with Crippen LogP contribution in [0.4, 0.5) is 0 Å². The topological polar surface area (TPSA) is 106 Å². The number of nitrogens with one attached hydrogen (secondary N) is 2. The van der Waals surface area contributed by atoms with E-state index in [-0.39, 0.29) is 6.10 Å². The summed E-state index contributed by atoms with van der Waals surface area (Å²) in [6.07, 6.45) is 3.18. The van der Waals surface area contributed by atoms with Crippen LogP contribution in [0.15, 0.2) is 29.4 Å². The van der Waals surface area contributed by atoms with E-state index in [1.807, 2.05) is 0 Å². The number of carbonyl (C=O) groups excluding carboxylic acids is 3. The van der Waals surface area contributed by atoms with E-state index in [9.17, 15) is 14.4 Å². The summed E-state index contributed by atoms with van der Waals surface area (Å²) in [7, 11) is 1.30. The van der Waals surface area contributed by atoms with Crippen LogP contribution < -0.4 is 10.7 Å². The van der Waals surface area contributed by atoms with Crippen LogP contribution in [-0.4, -0.2) is 50.4 Å². The van der Waals surface area contributed by atoms with E-state index in [4.69, 9.17) is 4.74 Å². The Balaban J connectivity index is 1.76. The van der Waals surface area contributed by atoms with Gasteiger partial charge in [-0.05, 0) is 30.5 Å². The molecule has 1 saturated heterocycles. The highest BCUT2D eigenvalue weighted by Crippen LogP contribution is 2.10. The Morgan fingerprint density at radius 3 is 2.67 bits per heavy atom. The average molecular weight is 333 g/mol. The molecule has 1 atom stereocenters. The maximum absolute atomic E-state index is 11.6. The van der Waals surface area contributed by atoms with Crippen LogP contribution in [0.25, 0.3) is 0 Å². The van der Waals surface area contributed by atoms with Crippen molar-refractivity contribution in [1.29, 1.82) is 0 Å². The van der Waals surface area contributed by atoms with Crippen molar-refractivity contribution in [2.75, 3.05) is 20.3 Å². The van der Waals surface area contributed by atoms with Gasteiger partial charge in [0.15, 0.2) is 0 Å². The zero-order chi connectivity index (χ0) is 17.4. The normalized spacial score (nSPS) is 16.8. The summed E-state index contributed by atoms with van der Waals surface area (Å²) in [4.78, 5) is 34.5. The van der Waals surface area contributed by atoms with E-state index in [2.05, 4.69) is 20.6 Å². The molecule has 1 fully saturated rings. The smallest absolute Gasteiger partial charge is 0.337 e. The minimum Gasteiger partial charge on any atom is -0.465 e. The molecule has 0 unspecified atom stereocenters. The first-order chi connectivity index (χ1) is 11.6. The summed E-state index contributed by atoms with van der Waals surface area (Å²) in [6, 6.07) is 6.42. The molecule has 2 N–H and O–H groups in total. The number of hydrogen-bond donors (Lipinski definition) is 2. The SMILES string of the molecule is COC(=O)c1ccc(/C=N\NC(=O)C(=O)NC[C@H]2CCCO2)cc1. The Kier molecular flexibility index (Phi) is 6.44. The van der Waals surface area contributed by atoms with Crippen molar-refractivity contribution < 1.29 is 23.9 Å². The van der Waals surface area contributed by atoms with Gasteiger partial charge in [0.25, 0.3) is 0 Å². The molecule has 128 valence electrons. The van der Waals surface area contributed by atoms with Crippen LogP contribution in [0.3, 0.4) is 0 Å². The predicted octanol–water partition coefficient (Wildman–Crippen LogP) is 0.218. The summed E-state index contributed by atoms with van der Waals surface area (Å²) in [5, 5.41) is 6.20. The summed E-state index contributed by atoms with van der Waals surface area (Å²) in [5.74, 6) is -2.05. The van der Waals surface area contributed by atoms with Crippen molar-refractivity contribution in [3.63, 3.8) is 0 Å². The molecule has 0 radical (unpaired) electrons. The molecule has 1 heterocycles. The quantitative estimate of drug-likeness (QED) is 0.347. The Bertz CT molecular complexity index is 621. The molecule has 2 rings (SSSR count). The molecule has 24 heavy (non-hydrogen) atoms. The number of methoxy groups -OCH3 is 1. The van der Waals surface area contributed by atoms with Crippen molar-refractivity contribution in [2.45, 2.75) is 18.9 Å². The lowest BCUT2D eigenvalue weighted by Crippen LogP contribution is -2.41. The molecule has 0 aliphatic carbocycles. The molecule has 0 saturated carbocycles. The second kappa shape index (κ2) is 8.78. The molecule has 0 aromatic heterocycles. The van der Waals surface area contributed by atoms with E-state index in [0.717, 1.165) is 12.8 Å². The third-order valence-corrected chi connectivity index (χ3v) is 3.43. The van der Waals surface area contributed by atoms with Crippen LogP contribution in [0.1, 0.15) is 28.8 Å². The molecule has 0 bridgehead atoms. The lowest BCUT2D eigenvalue weighted by molar-refractivity contribution is -0.139. The molecule has 1 aromatic rings. The summed E-state index contributed by atoms with van der Waals surface area (Å²) >= 11 is 0. The van der Waals surface area contributed by atoms with Gasteiger partial charge >= 0.3 is 17.8 Å². The van der Waals surface area contributed by atoms with Gasteiger partial charge in [0.05, 0.1) is 25.0 Å². The summed E-state index contributed by atoms with van der Waals surface area (Å²) in [6.45, 7) is 0.997. The lowest BCUT2D eigenvalue weighted by Gasteiger charge is -2.09. The van der Waals surface area contributed by atoms with Gasteiger partial charge in [-0.3, -0.25) is 9.59 Å². The molecular weight excluding hydrogens is 314 g/mol. The van der Waals surface area contributed by atoms with Crippen LogP contribution in [-0.2, 0) is 19.1 Å². The van der Waals surface area contributed by atoms with Gasteiger partial charge in [-0.2, -0.15) is 5.10 Å². The van der Waals surface area contributed by atoms with Crippen LogP contribution >= 0.6 is 0 Å². The number of carbonyl (C=O) groups is 3. The monoisotopic (exact) mass is 333 g/mol. The largest absolute Gasteiger partial charge is 0.465 e. The number of ether oxygens (including phenoxy) is 2. The van der Waals surface area contributed by atoms with Crippen molar-refractivity contribution in [3.8, 4) is 0 Å². The first-order valence-electron chi connectivity index (χ1n) is 7.51. The molecule has 2 amide bonds. The third kappa shape index (κ3) is 5.17.